The highest BCUT2D eigenvalue weighted by molar-refractivity contribution is 6.35. The summed E-state index contributed by atoms with van der Waals surface area (Å²) in [6.07, 6.45) is 2.25. The summed E-state index contributed by atoms with van der Waals surface area (Å²) >= 11 is 11.8. The molecule has 0 spiro atoms. The van der Waals surface area contributed by atoms with Crippen LogP contribution in [0.5, 0.6) is 5.75 Å². The molecule has 1 aromatic carbocycles. The van der Waals surface area contributed by atoms with E-state index in [2.05, 4.69) is 12.2 Å². The molecule has 0 bridgehead atoms. The fraction of sp³-hybridized carbons (Fsp3) is 0.538. The number of nitrogens with one attached hydrogen (secondary N) is 1. The van der Waals surface area contributed by atoms with Crippen LogP contribution in [0.3, 0.4) is 0 Å². The lowest BCUT2D eigenvalue weighted by Gasteiger charge is -2.28. The zero-order valence-corrected chi connectivity index (χ0v) is 11.8. The van der Waals surface area contributed by atoms with Gasteiger partial charge in [0, 0.05) is 29.8 Å². The minimum Gasteiger partial charge on any atom is -0.506 e. The highest BCUT2D eigenvalue weighted by Gasteiger charge is 2.19. The first kappa shape index (κ1) is 13.9. The van der Waals surface area contributed by atoms with E-state index in [0.29, 0.717) is 22.6 Å². The molecule has 2 rings (SSSR count). The second-order valence-electron chi connectivity index (χ2n) is 4.68. The van der Waals surface area contributed by atoms with E-state index in [0.717, 1.165) is 25.0 Å². The lowest BCUT2D eigenvalue weighted by Crippen LogP contribution is -2.37. The number of ether oxygens (including phenoxy) is 1. The molecule has 1 aromatic rings. The summed E-state index contributed by atoms with van der Waals surface area (Å²) in [7, 11) is 0. The fourth-order valence-electron chi connectivity index (χ4n) is 2.19. The van der Waals surface area contributed by atoms with Crippen LogP contribution in [0.2, 0.25) is 10.0 Å². The van der Waals surface area contributed by atoms with Gasteiger partial charge in [0.05, 0.1) is 11.1 Å². The molecule has 3 nitrogen and oxygen atoms in total. The lowest BCUT2D eigenvalue weighted by molar-refractivity contribution is 0.0130. The van der Waals surface area contributed by atoms with Crippen molar-refractivity contribution in [2.24, 2.45) is 0 Å². The maximum absolute atomic E-state index is 9.85. The first-order chi connectivity index (χ1) is 8.56. The maximum Gasteiger partial charge on any atom is 0.138 e. The molecule has 0 aliphatic carbocycles. The topological polar surface area (TPSA) is 41.5 Å². The third-order valence-corrected chi connectivity index (χ3v) is 3.68. The first-order valence-electron chi connectivity index (χ1n) is 6.08. The smallest absolute Gasteiger partial charge is 0.138 e. The van der Waals surface area contributed by atoms with Gasteiger partial charge in [0.2, 0.25) is 0 Å². The second-order valence-corrected chi connectivity index (χ2v) is 5.52. The Balaban J connectivity index is 1.97. The highest BCUT2D eigenvalue weighted by Crippen LogP contribution is 2.31. The van der Waals surface area contributed by atoms with Gasteiger partial charge in [-0.1, -0.05) is 23.2 Å². The van der Waals surface area contributed by atoms with Crippen molar-refractivity contribution in [3.63, 3.8) is 0 Å². The van der Waals surface area contributed by atoms with Crippen molar-refractivity contribution in [3.8, 4) is 5.75 Å². The van der Waals surface area contributed by atoms with Gasteiger partial charge >= 0.3 is 0 Å². The molecule has 18 heavy (non-hydrogen) atoms. The number of phenols is 1. The van der Waals surface area contributed by atoms with Crippen molar-refractivity contribution in [1.29, 1.82) is 0 Å². The summed E-state index contributed by atoms with van der Waals surface area (Å²) in [6.45, 7) is 3.41. The molecule has 1 heterocycles. The van der Waals surface area contributed by atoms with Crippen LogP contribution in [-0.2, 0) is 11.3 Å². The summed E-state index contributed by atoms with van der Waals surface area (Å²) in [6, 6.07) is 3.68. The van der Waals surface area contributed by atoms with Crippen molar-refractivity contribution in [1.82, 2.24) is 5.32 Å². The first-order valence-corrected chi connectivity index (χ1v) is 6.83. The molecule has 100 valence electrons. The molecule has 1 aliphatic heterocycles. The summed E-state index contributed by atoms with van der Waals surface area (Å²) in [5.74, 6) is 0.105. The number of phenolic OH excluding ortho intramolecular Hbond substituents is 1. The number of aromatic hydroxyl groups is 1. The van der Waals surface area contributed by atoms with E-state index in [9.17, 15) is 5.11 Å². The van der Waals surface area contributed by atoms with Crippen LogP contribution < -0.4 is 5.32 Å². The normalized spacial score (nSPS) is 24.2. The maximum atomic E-state index is 9.85. The average molecular weight is 290 g/mol. The van der Waals surface area contributed by atoms with Crippen molar-refractivity contribution in [2.75, 3.05) is 6.61 Å². The van der Waals surface area contributed by atoms with Crippen molar-refractivity contribution in [3.05, 3.63) is 27.7 Å². The SMILES string of the molecule is CC1CC(NCc2cc(Cl)cc(Cl)c2O)CCO1. The molecule has 2 atom stereocenters. The zero-order chi connectivity index (χ0) is 13.1. The Kier molecular flexibility index (Phi) is 4.73. The van der Waals surface area contributed by atoms with Crippen LogP contribution in [0.4, 0.5) is 0 Å². The average Bonchev–Trinajstić information content (AvgIpc) is 2.32. The van der Waals surface area contributed by atoms with E-state index in [1.165, 1.54) is 0 Å². The number of halogens is 2. The third-order valence-electron chi connectivity index (χ3n) is 3.17. The Bertz CT molecular complexity index is 426. The molecule has 0 amide bonds. The van der Waals surface area contributed by atoms with Crippen molar-refractivity contribution in [2.45, 2.75) is 38.5 Å². The highest BCUT2D eigenvalue weighted by atomic mass is 35.5. The Morgan fingerprint density at radius 2 is 2.22 bits per heavy atom. The molecular weight excluding hydrogens is 273 g/mol. The van der Waals surface area contributed by atoms with E-state index in [-0.39, 0.29) is 11.9 Å². The van der Waals surface area contributed by atoms with Crippen LogP contribution in [0.25, 0.3) is 0 Å². The van der Waals surface area contributed by atoms with Gasteiger partial charge in [-0.2, -0.15) is 0 Å². The van der Waals surface area contributed by atoms with Crippen LogP contribution in [0.1, 0.15) is 25.3 Å². The predicted molar refractivity (Wildman–Crippen MR) is 73.4 cm³/mol. The summed E-state index contributed by atoms with van der Waals surface area (Å²) in [4.78, 5) is 0. The molecule has 2 unspecified atom stereocenters. The quantitative estimate of drug-likeness (QED) is 0.897. The van der Waals surface area contributed by atoms with Crippen molar-refractivity contribution < 1.29 is 9.84 Å². The molecule has 1 fully saturated rings. The molecule has 2 N–H and O–H groups in total. The van der Waals surface area contributed by atoms with Crippen LogP contribution in [-0.4, -0.2) is 23.9 Å². The zero-order valence-electron chi connectivity index (χ0n) is 10.2. The van der Waals surface area contributed by atoms with Gasteiger partial charge in [-0.25, -0.2) is 0 Å². The minimum atomic E-state index is 0.105. The minimum absolute atomic E-state index is 0.105. The summed E-state index contributed by atoms with van der Waals surface area (Å²) < 4.78 is 5.49. The lowest BCUT2D eigenvalue weighted by atomic mass is 10.0. The molecular formula is C13H17Cl2NO2. The largest absolute Gasteiger partial charge is 0.506 e. The number of hydrogen-bond acceptors (Lipinski definition) is 3. The Morgan fingerprint density at radius 3 is 2.94 bits per heavy atom. The molecule has 5 heteroatoms. The van der Waals surface area contributed by atoms with Gasteiger partial charge in [-0.3, -0.25) is 0 Å². The van der Waals surface area contributed by atoms with E-state index < -0.39 is 0 Å². The van der Waals surface area contributed by atoms with Gasteiger partial charge < -0.3 is 15.2 Å². The molecule has 0 aromatic heterocycles. The van der Waals surface area contributed by atoms with Crippen LogP contribution in [0, 0.1) is 0 Å². The third kappa shape index (κ3) is 3.51. The Hall–Kier alpha value is -0.480. The fourth-order valence-corrected chi connectivity index (χ4v) is 2.73. The van der Waals surface area contributed by atoms with Gasteiger partial charge in [-0.05, 0) is 31.9 Å². The molecule has 1 saturated heterocycles. The van der Waals surface area contributed by atoms with Gasteiger partial charge in [0.25, 0.3) is 0 Å². The van der Waals surface area contributed by atoms with Crippen molar-refractivity contribution >= 4 is 23.2 Å². The Labute approximate surface area is 117 Å². The second kappa shape index (κ2) is 6.11. The van der Waals surface area contributed by atoms with E-state index >= 15 is 0 Å². The number of hydrogen-bond donors (Lipinski definition) is 2. The van der Waals surface area contributed by atoms with E-state index in [4.69, 9.17) is 27.9 Å². The van der Waals surface area contributed by atoms with Crippen LogP contribution in [0.15, 0.2) is 12.1 Å². The standard InChI is InChI=1S/C13H17Cl2NO2/c1-8-4-11(2-3-18-8)16-7-9-5-10(14)6-12(15)13(9)17/h5-6,8,11,16-17H,2-4,7H2,1H3. The summed E-state index contributed by atoms with van der Waals surface area (Å²) in [5, 5.41) is 14.1. The predicted octanol–water partition coefficient (Wildman–Crippen LogP) is 3.36. The van der Waals surface area contributed by atoms with E-state index in [1.807, 2.05) is 0 Å². The number of benzene rings is 1. The van der Waals surface area contributed by atoms with Crippen LogP contribution >= 0.6 is 23.2 Å². The van der Waals surface area contributed by atoms with Gasteiger partial charge in [0.1, 0.15) is 5.75 Å². The summed E-state index contributed by atoms with van der Waals surface area (Å²) in [5.41, 5.74) is 0.728. The molecule has 1 aliphatic rings. The monoisotopic (exact) mass is 289 g/mol. The van der Waals surface area contributed by atoms with E-state index in [1.54, 1.807) is 12.1 Å². The number of rotatable bonds is 3. The Morgan fingerprint density at radius 1 is 1.44 bits per heavy atom. The molecule has 0 radical (unpaired) electrons. The molecule has 0 saturated carbocycles. The van der Waals surface area contributed by atoms with Gasteiger partial charge in [-0.15, -0.1) is 0 Å². The van der Waals surface area contributed by atoms with Gasteiger partial charge in [0.15, 0.2) is 0 Å².